The molecule has 0 radical (unpaired) electrons. The van der Waals surface area contributed by atoms with Gasteiger partial charge in [-0.15, -0.1) is 0 Å². The van der Waals surface area contributed by atoms with Crippen molar-refractivity contribution in [1.29, 1.82) is 0 Å². The van der Waals surface area contributed by atoms with Crippen LogP contribution in [0.4, 0.5) is 0 Å². The highest BCUT2D eigenvalue weighted by Gasteiger charge is 2.29. The van der Waals surface area contributed by atoms with E-state index in [0.717, 1.165) is 17.9 Å². The molecule has 4 rings (SSSR count). The maximum absolute atomic E-state index is 12.3. The number of rotatable bonds is 3. The summed E-state index contributed by atoms with van der Waals surface area (Å²) in [4.78, 5) is 18.3. The lowest BCUT2D eigenvalue weighted by atomic mass is 10.1. The average Bonchev–Trinajstić information content (AvgIpc) is 3.17. The van der Waals surface area contributed by atoms with E-state index >= 15 is 0 Å². The van der Waals surface area contributed by atoms with Gasteiger partial charge in [-0.3, -0.25) is 14.7 Å². The van der Waals surface area contributed by atoms with Crippen LogP contribution in [-0.2, 0) is 4.79 Å². The summed E-state index contributed by atoms with van der Waals surface area (Å²) in [6.45, 7) is 1.03. The molecule has 1 saturated carbocycles. The molecule has 1 aromatic carbocycles. The number of nitrogens with zero attached hydrogens (tertiary/aromatic N) is 2. The van der Waals surface area contributed by atoms with Gasteiger partial charge in [0.1, 0.15) is 5.70 Å². The highest BCUT2D eigenvalue weighted by atomic mass is 16.7. The minimum absolute atomic E-state index is 0.0767. The van der Waals surface area contributed by atoms with Gasteiger partial charge >= 0.3 is 0 Å². The highest BCUT2D eigenvalue weighted by molar-refractivity contribution is 6.15. The van der Waals surface area contributed by atoms with Gasteiger partial charge in [-0.1, -0.05) is 6.07 Å². The van der Waals surface area contributed by atoms with Crippen LogP contribution < -0.4 is 14.8 Å². The van der Waals surface area contributed by atoms with Gasteiger partial charge in [-0.25, -0.2) is 0 Å². The van der Waals surface area contributed by atoms with Crippen LogP contribution in [0.3, 0.4) is 0 Å². The Kier molecular flexibility index (Phi) is 3.03. The molecule has 1 aromatic rings. The Morgan fingerprint density at radius 2 is 2.18 bits per heavy atom. The minimum atomic E-state index is -0.0767. The Balaban J connectivity index is 1.56. The molecule has 3 aliphatic rings. The first-order valence-electron chi connectivity index (χ1n) is 7.41. The quantitative estimate of drug-likeness (QED) is 0.861. The lowest BCUT2D eigenvalue weighted by molar-refractivity contribution is -0.121. The second-order valence-electron chi connectivity index (χ2n) is 5.77. The predicted molar refractivity (Wildman–Crippen MR) is 81.5 cm³/mol. The molecule has 2 heterocycles. The number of carbonyl (C=O) groups is 1. The van der Waals surface area contributed by atoms with E-state index in [0.29, 0.717) is 23.3 Å². The Labute approximate surface area is 128 Å². The molecule has 114 valence electrons. The van der Waals surface area contributed by atoms with Crippen molar-refractivity contribution in [3.05, 3.63) is 29.5 Å². The standard InChI is InChI=1S/C16H17N3O3/c1-19-15(20)12(18-16(19)17-8-10-2-3-10)6-11-4-5-13-14(7-11)22-9-21-13/h4-7,10H,2-3,8-9H2,1H3,(H,17,18)/b12-6+. The number of benzene rings is 1. The van der Waals surface area contributed by atoms with Gasteiger partial charge in [0, 0.05) is 13.6 Å². The number of aliphatic imine (C=N–C) groups is 1. The van der Waals surface area contributed by atoms with Crippen LogP contribution in [0.2, 0.25) is 0 Å². The van der Waals surface area contributed by atoms with E-state index in [1.54, 1.807) is 18.0 Å². The van der Waals surface area contributed by atoms with Crippen LogP contribution in [0, 0.1) is 5.92 Å². The van der Waals surface area contributed by atoms with Crippen LogP contribution >= 0.6 is 0 Å². The zero-order chi connectivity index (χ0) is 15.1. The van der Waals surface area contributed by atoms with Gasteiger partial charge in [-0.2, -0.15) is 0 Å². The normalized spacial score (nSPS) is 23.5. The molecule has 0 atom stereocenters. The Hall–Kier alpha value is -2.50. The van der Waals surface area contributed by atoms with Crippen LogP contribution in [0.15, 0.2) is 28.9 Å². The second-order valence-corrected chi connectivity index (χ2v) is 5.77. The van der Waals surface area contributed by atoms with E-state index in [9.17, 15) is 4.79 Å². The van der Waals surface area contributed by atoms with E-state index in [-0.39, 0.29) is 12.7 Å². The fourth-order valence-electron chi connectivity index (χ4n) is 2.46. The average molecular weight is 299 g/mol. The molecule has 0 unspecified atom stereocenters. The molecule has 6 heteroatoms. The van der Waals surface area contributed by atoms with E-state index in [1.165, 1.54) is 12.8 Å². The number of fused-ring (bicyclic) bond motifs is 1. The van der Waals surface area contributed by atoms with Crippen LogP contribution in [0.1, 0.15) is 18.4 Å². The molecule has 6 nitrogen and oxygen atoms in total. The summed E-state index contributed by atoms with van der Waals surface area (Å²) in [6.07, 6.45) is 4.29. The summed E-state index contributed by atoms with van der Waals surface area (Å²) in [6, 6.07) is 5.61. The van der Waals surface area contributed by atoms with Crippen molar-refractivity contribution in [2.75, 3.05) is 20.4 Å². The van der Waals surface area contributed by atoms with Crippen molar-refractivity contribution >= 4 is 17.9 Å². The summed E-state index contributed by atoms with van der Waals surface area (Å²) in [5, 5.41) is 3.11. The Morgan fingerprint density at radius 1 is 1.36 bits per heavy atom. The first kappa shape index (κ1) is 13.2. The number of likely N-dealkylation sites (N-methyl/N-ethyl adjacent to an activating group) is 1. The second kappa shape index (κ2) is 5.05. The number of nitrogens with one attached hydrogen (secondary N) is 1. The largest absolute Gasteiger partial charge is 0.454 e. The molecule has 0 aromatic heterocycles. The van der Waals surface area contributed by atoms with Crippen molar-refractivity contribution in [3.63, 3.8) is 0 Å². The molecular formula is C16H17N3O3. The first-order chi connectivity index (χ1) is 10.7. The van der Waals surface area contributed by atoms with Crippen LogP contribution in [0.25, 0.3) is 6.08 Å². The molecule has 2 aliphatic heterocycles. The molecule has 1 N–H and O–H groups in total. The Morgan fingerprint density at radius 3 is 3.00 bits per heavy atom. The number of amides is 1. The molecule has 1 saturated heterocycles. The summed E-state index contributed by atoms with van der Waals surface area (Å²) in [5.74, 6) is 2.68. The third-order valence-corrected chi connectivity index (χ3v) is 4.00. The molecule has 2 fully saturated rings. The van der Waals surface area contributed by atoms with Crippen molar-refractivity contribution in [2.24, 2.45) is 10.9 Å². The fraction of sp³-hybridized carbons (Fsp3) is 0.375. The van der Waals surface area contributed by atoms with Gasteiger partial charge in [0.2, 0.25) is 12.8 Å². The SMILES string of the molecule is CN1C(=O)/C(=C\c2ccc3c(c2)OCO3)NC1=NCC1CC1. The van der Waals surface area contributed by atoms with E-state index in [1.807, 2.05) is 18.2 Å². The summed E-state index contributed by atoms with van der Waals surface area (Å²) in [7, 11) is 1.74. The Bertz CT molecular complexity index is 692. The number of carbonyl (C=O) groups excluding carboxylic acids is 1. The van der Waals surface area contributed by atoms with Crippen molar-refractivity contribution in [3.8, 4) is 11.5 Å². The lowest BCUT2D eigenvalue weighted by Crippen LogP contribution is -2.28. The molecular weight excluding hydrogens is 282 g/mol. The van der Waals surface area contributed by atoms with Crippen molar-refractivity contribution < 1.29 is 14.3 Å². The van der Waals surface area contributed by atoms with Crippen LogP contribution in [-0.4, -0.2) is 37.2 Å². The van der Waals surface area contributed by atoms with Gasteiger partial charge < -0.3 is 14.8 Å². The molecule has 1 aliphatic carbocycles. The van der Waals surface area contributed by atoms with E-state index in [4.69, 9.17) is 9.47 Å². The highest BCUT2D eigenvalue weighted by Crippen LogP contribution is 2.33. The van der Waals surface area contributed by atoms with E-state index < -0.39 is 0 Å². The number of ether oxygens (including phenoxy) is 2. The molecule has 1 amide bonds. The van der Waals surface area contributed by atoms with Crippen LogP contribution in [0.5, 0.6) is 11.5 Å². The maximum Gasteiger partial charge on any atom is 0.276 e. The monoisotopic (exact) mass is 299 g/mol. The summed E-state index contributed by atoms with van der Waals surface area (Å²) < 4.78 is 10.6. The predicted octanol–water partition coefficient (Wildman–Crippen LogP) is 1.58. The summed E-state index contributed by atoms with van der Waals surface area (Å²) >= 11 is 0. The minimum Gasteiger partial charge on any atom is -0.454 e. The van der Waals surface area contributed by atoms with Crippen molar-refractivity contribution in [1.82, 2.24) is 10.2 Å². The molecule has 22 heavy (non-hydrogen) atoms. The zero-order valence-corrected chi connectivity index (χ0v) is 12.3. The number of hydrogen-bond donors (Lipinski definition) is 1. The van der Waals surface area contributed by atoms with Gasteiger partial charge in [0.25, 0.3) is 5.91 Å². The fourth-order valence-corrected chi connectivity index (χ4v) is 2.46. The first-order valence-corrected chi connectivity index (χ1v) is 7.41. The number of guanidine groups is 1. The van der Waals surface area contributed by atoms with Gasteiger partial charge in [-0.05, 0) is 42.5 Å². The van der Waals surface area contributed by atoms with Crippen molar-refractivity contribution in [2.45, 2.75) is 12.8 Å². The zero-order valence-electron chi connectivity index (χ0n) is 12.3. The summed E-state index contributed by atoms with van der Waals surface area (Å²) in [5.41, 5.74) is 1.41. The third-order valence-electron chi connectivity index (χ3n) is 4.00. The molecule has 0 spiro atoms. The van der Waals surface area contributed by atoms with Gasteiger partial charge in [0.05, 0.1) is 0 Å². The third kappa shape index (κ3) is 2.41. The number of hydrogen-bond acceptors (Lipinski definition) is 4. The maximum atomic E-state index is 12.3. The topological polar surface area (TPSA) is 63.2 Å². The smallest absolute Gasteiger partial charge is 0.276 e. The van der Waals surface area contributed by atoms with E-state index in [2.05, 4.69) is 10.3 Å². The molecule has 0 bridgehead atoms. The lowest BCUT2D eigenvalue weighted by Gasteiger charge is -2.06. The van der Waals surface area contributed by atoms with Gasteiger partial charge in [0.15, 0.2) is 11.5 Å².